The zero-order valence-electron chi connectivity index (χ0n) is 11.5. The maximum atomic E-state index is 5.90. The van der Waals surface area contributed by atoms with Crippen LogP contribution in [0.2, 0.25) is 0 Å². The Hall–Kier alpha value is -1.06. The van der Waals surface area contributed by atoms with Gasteiger partial charge in [0.2, 0.25) is 0 Å². The van der Waals surface area contributed by atoms with Crippen LogP contribution < -0.4 is 10.1 Å². The monoisotopic (exact) mass is 248 g/mol. The van der Waals surface area contributed by atoms with E-state index in [0.29, 0.717) is 0 Å². The topological polar surface area (TPSA) is 24.5 Å². The second-order valence-electron chi connectivity index (χ2n) is 4.95. The van der Waals surface area contributed by atoms with Gasteiger partial charge in [-0.1, -0.05) is 25.1 Å². The molecular formula is C15H24N2O. The van der Waals surface area contributed by atoms with Crippen molar-refractivity contribution < 1.29 is 4.74 Å². The zero-order valence-corrected chi connectivity index (χ0v) is 11.5. The van der Waals surface area contributed by atoms with Crippen molar-refractivity contribution >= 4 is 0 Å². The minimum atomic E-state index is 0.774. The first-order valence-corrected chi connectivity index (χ1v) is 6.93. The van der Waals surface area contributed by atoms with Crippen LogP contribution in [0.4, 0.5) is 0 Å². The first-order valence-electron chi connectivity index (χ1n) is 6.93. The van der Waals surface area contributed by atoms with Gasteiger partial charge in [0.15, 0.2) is 0 Å². The summed E-state index contributed by atoms with van der Waals surface area (Å²) >= 11 is 0. The predicted molar refractivity (Wildman–Crippen MR) is 75.0 cm³/mol. The van der Waals surface area contributed by atoms with E-state index in [1.54, 1.807) is 0 Å². The lowest BCUT2D eigenvalue weighted by Gasteiger charge is -2.17. The van der Waals surface area contributed by atoms with Crippen molar-refractivity contribution in [3.05, 3.63) is 29.8 Å². The summed E-state index contributed by atoms with van der Waals surface area (Å²) in [7, 11) is 2.19. The molecule has 2 rings (SSSR count). The first kappa shape index (κ1) is 13.4. The van der Waals surface area contributed by atoms with Crippen LogP contribution >= 0.6 is 0 Å². The highest BCUT2D eigenvalue weighted by Crippen LogP contribution is 2.25. The molecule has 0 radical (unpaired) electrons. The first-order chi connectivity index (χ1) is 8.81. The summed E-state index contributed by atoms with van der Waals surface area (Å²) in [5, 5.41) is 3.34. The molecule has 0 heterocycles. The molecule has 0 aliphatic heterocycles. The Morgan fingerprint density at radius 3 is 2.83 bits per heavy atom. The second-order valence-corrected chi connectivity index (χ2v) is 4.95. The molecule has 3 heteroatoms. The third kappa shape index (κ3) is 4.00. The van der Waals surface area contributed by atoms with Gasteiger partial charge in [0.25, 0.3) is 0 Å². The van der Waals surface area contributed by atoms with Crippen LogP contribution in [0.5, 0.6) is 5.75 Å². The second kappa shape index (κ2) is 6.76. The van der Waals surface area contributed by atoms with Crippen molar-refractivity contribution in [2.45, 2.75) is 32.4 Å². The molecule has 0 bridgehead atoms. The normalized spacial score (nSPS) is 15.1. The van der Waals surface area contributed by atoms with Gasteiger partial charge in [0.05, 0.1) is 0 Å². The van der Waals surface area contributed by atoms with E-state index in [-0.39, 0.29) is 0 Å². The molecule has 0 unspecified atom stereocenters. The van der Waals surface area contributed by atoms with Gasteiger partial charge in [-0.25, -0.2) is 0 Å². The van der Waals surface area contributed by atoms with Gasteiger partial charge in [0.1, 0.15) is 12.4 Å². The fourth-order valence-electron chi connectivity index (χ4n) is 2.05. The average Bonchev–Trinajstić information content (AvgIpc) is 3.22. The van der Waals surface area contributed by atoms with Gasteiger partial charge in [-0.3, -0.25) is 0 Å². The molecule has 1 aliphatic carbocycles. The van der Waals surface area contributed by atoms with Crippen LogP contribution in [0, 0.1) is 0 Å². The molecule has 0 aromatic heterocycles. The van der Waals surface area contributed by atoms with E-state index in [2.05, 4.69) is 42.4 Å². The Morgan fingerprint density at radius 1 is 1.33 bits per heavy atom. The van der Waals surface area contributed by atoms with Crippen LogP contribution in [0.25, 0.3) is 0 Å². The third-order valence-electron chi connectivity index (χ3n) is 3.41. The Kier molecular flexibility index (Phi) is 5.02. The number of rotatable bonds is 8. The quantitative estimate of drug-likeness (QED) is 0.764. The van der Waals surface area contributed by atoms with Crippen LogP contribution in [0.1, 0.15) is 25.3 Å². The van der Waals surface area contributed by atoms with Gasteiger partial charge in [-0.05, 0) is 32.5 Å². The number of nitrogens with zero attached hydrogens (tertiary/aromatic N) is 1. The summed E-state index contributed by atoms with van der Waals surface area (Å²) in [6.07, 6.45) is 2.71. The standard InChI is InChI=1S/C15H24N2O/c1-3-16-12-13-6-4-5-7-15(13)18-11-10-17(2)14-8-9-14/h4-7,14,16H,3,8-12H2,1-2H3. The molecule has 0 saturated heterocycles. The number of benzene rings is 1. The summed E-state index contributed by atoms with van der Waals surface area (Å²) in [6.45, 7) is 5.77. The molecule has 1 fully saturated rings. The number of para-hydroxylation sites is 1. The Labute approximate surface area is 110 Å². The lowest BCUT2D eigenvalue weighted by atomic mass is 10.2. The highest BCUT2D eigenvalue weighted by Gasteiger charge is 2.25. The number of nitrogens with one attached hydrogen (secondary N) is 1. The van der Waals surface area contributed by atoms with Crippen molar-refractivity contribution in [3.63, 3.8) is 0 Å². The number of hydrogen-bond donors (Lipinski definition) is 1. The van der Waals surface area contributed by atoms with Crippen molar-refractivity contribution in [3.8, 4) is 5.75 Å². The van der Waals surface area contributed by atoms with E-state index in [1.807, 2.05) is 6.07 Å². The van der Waals surface area contributed by atoms with E-state index in [4.69, 9.17) is 4.74 Å². The van der Waals surface area contributed by atoms with Crippen molar-refractivity contribution in [2.75, 3.05) is 26.7 Å². The molecule has 18 heavy (non-hydrogen) atoms. The minimum absolute atomic E-state index is 0.774. The van der Waals surface area contributed by atoms with E-state index >= 15 is 0 Å². The Bertz CT molecular complexity index is 363. The van der Waals surface area contributed by atoms with Crippen LogP contribution in [-0.4, -0.2) is 37.7 Å². The Morgan fingerprint density at radius 2 is 2.11 bits per heavy atom. The molecule has 1 aromatic rings. The molecule has 0 spiro atoms. The summed E-state index contributed by atoms with van der Waals surface area (Å²) in [4.78, 5) is 2.40. The minimum Gasteiger partial charge on any atom is -0.492 e. The van der Waals surface area contributed by atoms with Gasteiger partial charge in [0, 0.05) is 24.7 Å². The van der Waals surface area contributed by atoms with Gasteiger partial charge in [-0.15, -0.1) is 0 Å². The molecule has 3 nitrogen and oxygen atoms in total. The van der Waals surface area contributed by atoms with Crippen molar-refractivity contribution in [1.29, 1.82) is 0 Å². The van der Waals surface area contributed by atoms with Gasteiger partial charge in [-0.2, -0.15) is 0 Å². The summed E-state index contributed by atoms with van der Waals surface area (Å²) in [5.74, 6) is 1.02. The maximum Gasteiger partial charge on any atom is 0.123 e. The highest BCUT2D eigenvalue weighted by atomic mass is 16.5. The molecular weight excluding hydrogens is 224 g/mol. The zero-order chi connectivity index (χ0) is 12.8. The van der Waals surface area contributed by atoms with E-state index in [1.165, 1.54) is 18.4 Å². The molecule has 1 aromatic carbocycles. The lowest BCUT2D eigenvalue weighted by Crippen LogP contribution is -2.26. The summed E-state index contributed by atoms with van der Waals surface area (Å²) in [5.41, 5.74) is 1.24. The van der Waals surface area contributed by atoms with Gasteiger partial charge < -0.3 is 15.0 Å². The maximum absolute atomic E-state index is 5.90. The molecule has 100 valence electrons. The smallest absolute Gasteiger partial charge is 0.123 e. The van der Waals surface area contributed by atoms with Crippen molar-refractivity contribution in [2.24, 2.45) is 0 Å². The fourth-order valence-corrected chi connectivity index (χ4v) is 2.05. The SMILES string of the molecule is CCNCc1ccccc1OCCN(C)C1CC1. The molecule has 1 aliphatic rings. The summed E-state index contributed by atoms with van der Waals surface area (Å²) < 4.78 is 5.90. The van der Waals surface area contributed by atoms with Crippen LogP contribution in [0.15, 0.2) is 24.3 Å². The van der Waals surface area contributed by atoms with Crippen molar-refractivity contribution in [1.82, 2.24) is 10.2 Å². The number of ether oxygens (including phenoxy) is 1. The van der Waals surface area contributed by atoms with Crippen LogP contribution in [0.3, 0.4) is 0 Å². The van der Waals surface area contributed by atoms with E-state index in [0.717, 1.165) is 38.0 Å². The largest absolute Gasteiger partial charge is 0.492 e. The highest BCUT2D eigenvalue weighted by molar-refractivity contribution is 5.33. The fraction of sp³-hybridized carbons (Fsp3) is 0.600. The lowest BCUT2D eigenvalue weighted by molar-refractivity contribution is 0.230. The molecule has 0 atom stereocenters. The predicted octanol–water partition coefficient (Wildman–Crippen LogP) is 2.27. The van der Waals surface area contributed by atoms with Gasteiger partial charge >= 0.3 is 0 Å². The third-order valence-corrected chi connectivity index (χ3v) is 3.41. The summed E-state index contributed by atoms with van der Waals surface area (Å²) in [6, 6.07) is 9.10. The van der Waals surface area contributed by atoms with Crippen LogP contribution in [-0.2, 0) is 6.54 Å². The van der Waals surface area contributed by atoms with E-state index < -0.39 is 0 Å². The molecule has 1 N–H and O–H groups in total. The number of hydrogen-bond acceptors (Lipinski definition) is 3. The Balaban J connectivity index is 1.79. The van der Waals surface area contributed by atoms with E-state index in [9.17, 15) is 0 Å². The average molecular weight is 248 g/mol. The number of likely N-dealkylation sites (N-methyl/N-ethyl adjacent to an activating group) is 1. The molecule has 0 amide bonds. The molecule has 1 saturated carbocycles.